The van der Waals surface area contributed by atoms with Gasteiger partial charge in [0.05, 0.1) is 16.6 Å². The molecule has 0 saturated carbocycles. The van der Waals surface area contributed by atoms with E-state index in [2.05, 4.69) is 0 Å². The number of alkyl halides is 3. The molecule has 2 rings (SSSR count). The van der Waals surface area contributed by atoms with Crippen molar-refractivity contribution >= 4 is 17.3 Å². The number of halogens is 3. The molecule has 0 aromatic heterocycles. The molecular formula is C15H8F3N3O3. The van der Waals surface area contributed by atoms with Crippen LogP contribution in [0.3, 0.4) is 0 Å². The SMILES string of the molecule is N#Cc1ccc(-c2ccc(NC(=O)C(F)(F)F)c([N+](=O)[O-])c2)cc1. The van der Waals surface area contributed by atoms with Crippen LogP contribution in [0.2, 0.25) is 0 Å². The second-order valence-corrected chi connectivity index (χ2v) is 4.63. The fourth-order valence-electron chi connectivity index (χ4n) is 1.90. The van der Waals surface area contributed by atoms with E-state index >= 15 is 0 Å². The lowest BCUT2D eigenvalue weighted by Gasteiger charge is -2.09. The summed E-state index contributed by atoms with van der Waals surface area (Å²) >= 11 is 0. The Labute approximate surface area is 133 Å². The van der Waals surface area contributed by atoms with Gasteiger partial charge in [-0.3, -0.25) is 14.9 Å². The maximum atomic E-state index is 12.3. The summed E-state index contributed by atoms with van der Waals surface area (Å²) in [5.41, 5.74) is 0.0542. The van der Waals surface area contributed by atoms with Crippen LogP contribution < -0.4 is 5.32 Å². The molecule has 24 heavy (non-hydrogen) atoms. The van der Waals surface area contributed by atoms with Gasteiger partial charge in [-0.05, 0) is 29.3 Å². The highest BCUT2D eigenvalue weighted by atomic mass is 19.4. The number of carbonyl (C=O) groups is 1. The maximum absolute atomic E-state index is 12.3. The second kappa shape index (κ2) is 6.37. The minimum absolute atomic E-state index is 0.358. The molecule has 0 fully saturated rings. The minimum Gasteiger partial charge on any atom is -0.312 e. The lowest BCUT2D eigenvalue weighted by Crippen LogP contribution is -2.30. The Balaban J connectivity index is 2.41. The van der Waals surface area contributed by atoms with Crippen LogP contribution in [0.15, 0.2) is 42.5 Å². The topological polar surface area (TPSA) is 96.0 Å². The normalized spacial score (nSPS) is 10.8. The fraction of sp³-hybridized carbons (Fsp3) is 0.0667. The molecule has 6 nitrogen and oxygen atoms in total. The van der Waals surface area contributed by atoms with Gasteiger partial charge in [0, 0.05) is 6.07 Å². The van der Waals surface area contributed by atoms with E-state index in [-0.39, 0.29) is 0 Å². The number of anilines is 1. The monoisotopic (exact) mass is 335 g/mol. The third kappa shape index (κ3) is 3.67. The first-order valence-electron chi connectivity index (χ1n) is 6.39. The molecule has 0 aliphatic carbocycles. The lowest BCUT2D eigenvalue weighted by atomic mass is 10.0. The number of rotatable bonds is 3. The molecule has 9 heteroatoms. The predicted octanol–water partition coefficient (Wildman–Crippen LogP) is 3.63. The second-order valence-electron chi connectivity index (χ2n) is 4.63. The first kappa shape index (κ1) is 17.0. The number of hydrogen-bond acceptors (Lipinski definition) is 4. The molecular weight excluding hydrogens is 327 g/mol. The minimum atomic E-state index is -5.15. The summed E-state index contributed by atoms with van der Waals surface area (Å²) in [5.74, 6) is -2.29. The van der Waals surface area contributed by atoms with Crippen LogP contribution in [0, 0.1) is 21.4 Å². The highest BCUT2D eigenvalue weighted by molar-refractivity contribution is 5.97. The number of carbonyl (C=O) groups excluding carboxylic acids is 1. The smallest absolute Gasteiger partial charge is 0.312 e. The summed E-state index contributed by atoms with van der Waals surface area (Å²) < 4.78 is 36.8. The van der Waals surface area contributed by atoms with Gasteiger partial charge in [0.2, 0.25) is 0 Å². The van der Waals surface area contributed by atoms with Crippen LogP contribution in [0.5, 0.6) is 0 Å². The highest BCUT2D eigenvalue weighted by Crippen LogP contribution is 2.32. The Hall–Kier alpha value is -3.41. The molecule has 2 aromatic rings. The van der Waals surface area contributed by atoms with E-state index in [1.807, 2.05) is 6.07 Å². The van der Waals surface area contributed by atoms with Crippen molar-refractivity contribution in [3.05, 3.63) is 58.1 Å². The third-order valence-electron chi connectivity index (χ3n) is 3.05. The van der Waals surface area contributed by atoms with E-state index in [1.165, 1.54) is 23.5 Å². The molecule has 1 N–H and O–H groups in total. The summed E-state index contributed by atoms with van der Waals surface area (Å²) in [6, 6.07) is 11.4. The molecule has 0 unspecified atom stereocenters. The summed E-state index contributed by atoms with van der Waals surface area (Å²) in [7, 11) is 0. The third-order valence-corrected chi connectivity index (χ3v) is 3.05. The average molecular weight is 335 g/mol. The summed E-state index contributed by atoms with van der Waals surface area (Å²) in [5, 5.41) is 21.3. The largest absolute Gasteiger partial charge is 0.471 e. The zero-order valence-corrected chi connectivity index (χ0v) is 11.8. The van der Waals surface area contributed by atoms with Gasteiger partial charge < -0.3 is 5.32 Å². The van der Waals surface area contributed by atoms with Crippen LogP contribution in [0.1, 0.15) is 5.56 Å². The molecule has 0 atom stereocenters. The molecule has 0 radical (unpaired) electrons. The van der Waals surface area contributed by atoms with Crippen molar-refractivity contribution in [2.75, 3.05) is 5.32 Å². The summed E-state index contributed by atoms with van der Waals surface area (Å²) in [6.07, 6.45) is -5.15. The molecule has 0 spiro atoms. The number of hydrogen-bond donors (Lipinski definition) is 1. The van der Waals surface area contributed by atoms with Gasteiger partial charge in [-0.1, -0.05) is 18.2 Å². The fourth-order valence-corrected chi connectivity index (χ4v) is 1.90. The first-order chi connectivity index (χ1) is 11.2. The van der Waals surface area contributed by atoms with Crippen molar-refractivity contribution in [2.45, 2.75) is 6.18 Å². The average Bonchev–Trinajstić information content (AvgIpc) is 2.54. The van der Waals surface area contributed by atoms with Gasteiger partial charge in [0.25, 0.3) is 5.69 Å². The van der Waals surface area contributed by atoms with Gasteiger partial charge in [-0.2, -0.15) is 18.4 Å². The van der Waals surface area contributed by atoms with Crippen LogP contribution in [-0.2, 0) is 4.79 Å². The van der Waals surface area contributed by atoms with Crippen molar-refractivity contribution < 1.29 is 22.9 Å². The number of benzene rings is 2. The van der Waals surface area contributed by atoms with Gasteiger partial charge in [0.15, 0.2) is 0 Å². The van der Waals surface area contributed by atoms with E-state index in [0.717, 1.165) is 12.1 Å². The van der Waals surface area contributed by atoms with E-state index in [4.69, 9.17) is 5.26 Å². The van der Waals surface area contributed by atoms with E-state index < -0.39 is 28.4 Å². The lowest BCUT2D eigenvalue weighted by molar-refractivity contribution is -0.383. The number of amides is 1. The van der Waals surface area contributed by atoms with Crippen LogP contribution in [0.4, 0.5) is 24.5 Å². The van der Waals surface area contributed by atoms with Crippen molar-refractivity contribution in [1.29, 1.82) is 5.26 Å². The van der Waals surface area contributed by atoms with Crippen LogP contribution >= 0.6 is 0 Å². The Morgan fingerprint density at radius 2 is 1.71 bits per heavy atom. The Kier molecular flexibility index (Phi) is 4.50. The van der Waals surface area contributed by atoms with Crippen LogP contribution in [0.25, 0.3) is 11.1 Å². The van der Waals surface area contributed by atoms with Gasteiger partial charge in [0.1, 0.15) is 5.69 Å². The van der Waals surface area contributed by atoms with Crippen molar-refractivity contribution in [3.8, 4) is 17.2 Å². The molecule has 122 valence electrons. The quantitative estimate of drug-likeness (QED) is 0.684. The Bertz CT molecular complexity index is 840. The number of nitro benzene ring substituents is 1. The van der Waals surface area contributed by atoms with Gasteiger partial charge in [-0.25, -0.2) is 0 Å². The number of nitro groups is 1. The maximum Gasteiger partial charge on any atom is 0.471 e. The van der Waals surface area contributed by atoms with Crippen molar-refractivity contribution in [1.82, 2.24) is 0 Å². The standard InChI is InChI=1S/C15H8F3N3O3/c16-15(17,18)14(22)20-12-6-5-11(7-13(12)21(23)24)10-3-1-9(8-19)2-4-10/h1-7H,(H,20,22). The number of nitriles is 1. The summed E-state index contributed by atoms with van der Waals surface area (Å²) in [6.45, 7) is 0. The van der Waals surface area contributed by atoms with E-state index in [0.29, 0.717) is 16.7 Å². The zero-order valence-electron chi connectivity index (χ0n) is 11.8. The molecule has 0 heterocycles. The van der Waals surface area contributed by atoms with E-state index in [1.54, 1.807) is 12.1 Å². The summed E-state index contributed by atoms with van der Waals surface area (Å²) in [4.78, 5) is 21.1. The number of nitrogens with one attached hydrogen (secondary N) is 1. The molecule has 0 saturated heterocycles. The van der Waals surface area contributed by atoms with Gasteiger partial charge in [-0.15, -0.1) is 0 Å². The molecule has 0 aliphatic heterocycles. The molecule has 0 bridgehead atoms. The molecule has 1 amide bonds. The predicted molar refractivity (Wildman–Crippen MR) is 77.9 cm³/mol. The number of nitrogens with zero attached hydrogens (tertiary/aromatic N) is 2. The van der Waals surface area contributed by atoms with Crippen LogP contribution in [-0.4, -0.2) is 17.0 Å². The Morgan fingerprint density at radius 1 is 1.12 bits per heavy atom. The highest BCUT2D eigenvalue weighted by Gasteiger charge is 2.39. The van der Waals surface area contributed by atoms with E-state index in [9.17, 15) is 28.1 Å². The molecule has 2 aromatic carbocycles. The molecule has 0 aliphatic rings. The zero-order chi connectivity index (χ0) is 17.9. The van der Waals surface area contributed by atoms with Crippen molar-refractivity contribution in [2.24, 2.45) is 0 Å². The Morgan fingerprint density at radius 3 is 2.21 bits per heavy atom. The van der Waals surface area contributed by atoms with Crippen molar-refractivity contribution in [3.63, 3.8) is 0 Å². The van der Waals surface area contributed by atoms with Gasteiger partial charge >= 0.3 is 12.1 Å². The first-order valence-corrected chi connectivity index (χ1v) is 6.39.